The molecule has 174 valence electrons. The minimum Gasteiger partial charge on any atom is -0.494 e. The van der Waals surface area contributed by atoms with E-state index in [1.54, 1.807) is 60.9 Å². The van der Waals surface area contributed by atoms with Crippen LogP contribution in [-0.2, 0) is 16.1 Å². The molecule has 1 saturated heterocycles. The molecule has 2 heterocycles. The van der Waals surface area contributed by atoms with Crippen molar-refractivity contribution in [1.29, 1.82) is 0 Å². The van der Waals surface area contributed by atoms with Crippen LogP contribution in [0.15, 0.2) is 73.1 Å². The molecule has 4 rings (SSSR count). The van der Waals surface area contributed by atoms with E-state index in [4.69, 9.17) is 9.47 Å². The van der Waals surface area contributed by atoms with Crippen LogP contribution in [0.3, 0.4) is 0 Å². The number of carbonyl (C=O) groups excluding carboxylic acids is 3. The minimum absolute atomic E-state index is 0.162. The summed E-state index contributed by atoms with van der Waals surface area (Å²) in [6.45, 7) is 4.89. The first-order valence-electron chi connectivity index (χ1n) is 11.3. The fourth-order valence-corrected chi connectivity index (χ4v) is 4.23. The number of likely N-dealkylation sites (tertiary alicyclic amines) is 1. The van der Waals surface area contributed by atoms with Gasteiger partial charge in [-0.25, -0.2) is 0 Å². The van der Waals surface area contributed by atoms with Gasteiger partial charge in [-0.1, -0.05) is 18.2 Å². The second kappa shape index (κ2) is 10.3. The predicted octanol–water partition coefficient (Wildman–Crippen LogP) is 4.03. The van der Waals surface area contributed by atoms with Crippen molar-refractivity contribution < 1.29 is 23.9 Å². The van der Waals surface area contributed by atoms with Crippen LogP contribution in [0, 0.1) is 5.92 Å². The first kappa shape index (κ1) is 23.2. The summed E-state index contributed by atoms with van der Waals surface area (Å²) >= 11 is 0. The third-order valence-corrected chi connectivity index (χ3v) is 5.72. The molecule has 3 aromatic rings. The molecular formula is C27H26N2O5. The van der Waals surface area contributed by atoms with E-state index >= 15 is 0 Å². The van der Waals surface area contributed by atoms with Crippen LogP contribution >= 0.6 is 0 Å². The minimum atomic E-state index is -1.17. The van der Waals surface area contributed by atoms with E-state index in [2.05, 4.69) is 4.98 Å². The average molecular weight is 459 g/mol. The SMILES string of the molecule is CCOc1ccc(C(=O)C2C(=O)C(=O)N(Cc3cccnc3)C2c2cccc(OCC)c2)cc1. The highest BCUT2D eigenvalue weighted by Crippen LogP contribution is 2.40. The highest BCUT2D eigenvalue weighted by Gasteiger charge is 2.51. The number of benzene rings is 2. The monoisotopic (exact) mass is 458 g/mol. The van der Waals surface area contributed by atoms with Gasteiger partial charge in [0.15, 0.2) is 5.78 Å². The van der Waals surface area contributed by atoms with Crippen molar-refractivity contribution in [2.24, 2.45) is 5.92 Å². The van der Waals surface area contributed by atoms with Crippen LogP contribution in [0.2, 0.25) is 0 Å². The van der Waals surface area contributed by atoms with Gasteiger partial charge >= 0.3 is 0 Å². The number of amides is 1. The van der Waals surface area contributed by atoms with Crippen molar-refractivity contribution in [3.63, 3.8) is 0 Å². The van der Waals surface area contributed by atoms with Gasteiger partial charge in [0.25, 0.3) is 5.91 Å². The topological polar surface area (TPSA) is 85.8 Å². The molecule has 1 aliphatic heterocycles. The predicted molar refractivity (Wildman–Crippen MR) is 126 cm³/mol. The van der Waals surface area contributed by atoms with Crippen molar-refractivity contribution in [1.82, 2.24) is 9.88 Å². The Hall–Kier alpha value is -4.00. The fraction of sp³-hybridized carbons (Fsp3) is 0.259. The van der Waals surface area contributed by atoms with Crippen molar-refractivity contribution >= 4 is 17.5 Å². The second-order valence-corrected chi connectivity index (χ2v) is 7.91. The van der Waals surface area contributed by atoms with Gasteiger partial charge in [-0.05, 0) is 67.4 Å². The molecule has 7 heteroatoms. The van der Waals surface area contributed by atoms with E-state index in [-0.39, 0.29) is 6.54 Å². The first-order valence-corrected chi connectivity index (χ1v) is 11.3. The van der Waals surface area contributed by atoms with E-state index in [1.807, 2.05) is 26.0 Å². The van der Waals surface area contributed by atoms with Crippen LogP contribution in [-0.4, -0.2) is 40.6 Å². The standard InChI is InChI=1S/C27H26N2O5/c1-3-33-21-12-10-19(11-13-21)25(30)23-24(20-8-5-9-22(15-20)34-4-2)29(27(32)26(23)31)17-18-7-6-14-28-16-18/h5-16,23-24H,3-4,17H2,1-2H3. The van der Waals surface area contributed by atoms with E-state index in [0.717, 1.165) is 5.56 Å². The van der Waals surface area contributed by atoms with E-state index < -0.39 is 29.4 Å². The van der Waals surface area contributed by atoms with Crippen molar-refractivity contribution in [2.75, 3.05) is 13.2 Å². The van der Waals surface area contributed by atoms with Crippen LogP contribution in [0.4, 0.5) is 0 Å². The molecule has 7 nitrogen and oxygen atoms in total. The lowest BCUT2D eigenvalue weighted by Crippen LogP contribution is -2.30. The third-order valence-electron chi connectivity index (χ3n) is 5.72. The Labute approximate surface area is 198 Å². The maximum Gasteiger partial charge on any atom is 0.291 e. The summed E-state index contributed by atoms with van der Waals surface area (Å²) in [5, 5.41) is 0. The molecule has 34 heavy (non-hydrogen) atoms. The molecule has 1 fully saturated rings. The van der Waals surface area contributed by atoms with E-state index in [1.165, 1.54) is 4.90 Å². The normalized spacial score (nSPS) is 17.6. The Morgan fingerprint density at radius 2 is 1.68 bits per heavy atom. The summed E-state index contributed by atoms with van der Waals surface area (Å²) < 4.78 is 11.1. The van der Waals surface area contributed by atoms with Gasteiger partial charge in [-0.15, -0.1) is 0 Å². The number of aromatic nitrogens is 1. The quantitative estimate of drug-likeness (QED) is 0.273. The van der Waals surface area contributed by atoms with E-state index in [0.29, 0.717) is 35.8 Å². The smallest absolute Gasteiger partial charge is 0.291 e. The Balaban J connectivity index is 1.75. The Morgan fingerprint density at radius 3 is 2.35 bits per heavy atom. The summed E-state index contributed by atoms with van der Waals surface area (Å²) in [6.07, 6.45) is 3.29. The molecule has 1 aliphatic rings. The van der Waals surface area contributed by atoms with Gasteiger partial charge in [-0.3, -0.25) is 19.4 Å². The molecule has 1 amide bonds. The molecular weight excluding hydrogens is 432 g/mol. The summed E-state index contributed by atoms with van der Waals surface area (Å²) in [5.74, 6) is -1.72. The lowest BCUT2D eigenvalue weighted by atomic mass is 9.86. The lowest BCUT2D eigenvalue weighted by Gasteiger charge is -2.27. The van der Waals surface area contributed by atoms with Gasteiger partial charge in [0.2, 0.25) is 5.78 Å². The zero-order valence-electron chi connectivity index (χ0n) is 19.1. The molecule has 1 aromatic heterocycles. The molecule has 2 atom stereocenters. The second-order valence-electron chi connectivity index (χ2n) is 7.91. The molecule has 2 unspecified atom stereocenters. The Morgan fingerprint density at radius 1 is 0.941 bits per heavy atom. The lowest BCUT2D eigenvalue weighted by molar-refractivity contribution is -0.141. The number of carbonyl (C=O) groups is 3. The Kier molecular flexibility index (Phi) is 7.01. The molecule has 0 spiro atoms. The van der Waals surface area contributed by atoms with Gasteiger partial charge in [-0.2, -0.15) is 0 Å². The number of hydrogen-bond donors (Lipinski definition) is 0. The zero-order chi connectivity index (χ0) is 24.1. The third kappa shape index (κ3) is 4.69. The molecule has 2 aromatic carbocycles. The van der Waals surface area contributed by atoms with Gasteiger partial charge in [0.05, 0.1) is 19.3 Å². The summed E-state index contributed by atoms with van der Waals surface area (Å²) in [6, 6.07) is 16.7. The van der Waals surface area contributed by atoms with Crippen LogP contribution < -0.4 is 9.47 Å². The largest absolute Gasteiger partial charge is 0.494 e. The van der Waals surface area contributed by atoms with Gasteiger partial charge < -0.3 is 14.4 Å². The summed E-state index contributed by atoms with van der Waals surface area (Å²) in [5.41, 5.74) is 1.78. The van der Waals surface area contributed by atoms with Gasteiger partial charge in [0.1, 0.15) is 17.4 Å². The molecule has 0 radical (unpaired) electrons. The van der Waals surface area contributed by atoms with Crippen LogP contribution in [0.25, 0.3) is 0 Å². The molecule has 0 bridgehead atoms. The molecule has 0 saturated carbocycles. The fourth-order valence-electron chi connectivity index (χ4n) is 4.23. The number of pyridine rings is 1. The van der Waals surface area contributed by atoms with Crippen LogP contribution in [0.1, 0.15) is 41.4 Å². The maximum absolute atomic E-state index is 13.6. The highest BCUT2D eigenvalue weighted by molar-refractivity contribution is 6.44. The average Bonchev–Trinajstić information content (AvgIpc) is 3.10. The number of ether oxygens (including phenoxy) is 2. The van der Waals surface area contributed by atoms with Crippen molar-refractivity contribution in [3.05, 3.63) is 89.7 Å². The number of nitrogens with zero attached hydrogens (tertiary/aromatic N) is 2. The number of Topliss-reactive ketones (excluding diaryl/α,β-unsaturated/α-hetero) is 2. The van der Waals surface area contributed by atoms with Crippen LogP contribution in [0.5, 0.6) is 11.5 Å². The first-order chi connectivity index (χ1) is 16.5. The van der Waals surface area contributed by atoms with Crippen molar-refractivity contribution in [2.45, 2.75) is 26.4 Å². The Bertz CT molecular complexity index is 1180. The summed E-state index contributed by atoms with van der Waals surface area (Å²) in [7, 11) is 0. The van der Waals surface area contributed by atoms with E-state index in [9.17, 15) is 14.4 Å². The highest BCUT2D eigenvalue weighted by atomic mass is 16.5. The number of ketones is 2. The zero-order valence-corrected chi connectivity index (χ0v) is 19.1. The van der Waals surface area contributed by atoms with Crippen molar-refractivity contribution in [3.8, 4) is 11.5 Å². The maximum atomic E-state index is 13.6. The molecule has 0 N–H and O–H groups in total. The van der Waals surface area contributed by atoms with Gasteiger partial charge in [0, 0.05) is 24.5 Å². The molecule has 0 aliphatic carbocycles. The number of rotatable bonds is 9. The summed E-state index contributed by atoms with van der Waals surface area (Å²) in [4.78, 5) is 45.5. The number of hydrogen-bond acceptors (Lipinski definition) is 6.